The molecule has 0 bridgehead atoms. The van der Waals surface area contributed by atoms with Crippen LogP contribution in [0.2, 0.25) is 0 Å². The van der Waals surface area contributed by atoms with Crippen LogP contribution in [0.5, 0.6) is 0 Å². The maximum atomic E-state index is 5.61. The van der Waals surface area contributed by atoms with Crippen LogP contribution in [0.15, 0.2) is 30.3 Å². The first-order valence-electron chi connectivity index (χ1n) is 10.4. The van der Waals surface area contributed by atoms with Crippen molar-refractivity contribution < 1.29 is 4.74 Å². The van der Waals surface area contributed by atoms with Crippen molar-refractivity contribution in [2.75, 3.05) is 18.5 Å². The Kier molecular flexibility index (Phi) is 5.28. The molecule has 2 N–H and O–H groups in total. The van der Waals surface area contributed by atoms with Gasteiger partial charge in [-0.2, -0.15) is 0 Å². The molecular weight excluding hydrogens is 406 g/mol. The standard InChI is InChI=1S/C24H23N5OS/c1-4-15-10-19(29-22(27-15)13-30-5-2)18-7-6-16-17(28-18)8-9-20-23(16)24-21(31-20)12-25-14(3)11-26-24/h1,6-10,14,25-26H,5,11-13H2,2-3H3/t14-/m1/s1. The van der Waals surface area contributed by atoms with Gasteiger partial charge in [0.25, 0.3) is 0 Å². The van der Waals surface area contributed by atoms with E-state index in [-0.39, 0.29) is 0 Å². The highest BCUT2D eigenvalue weighted by Gasteiger charge is 2.19. The van der Waals surface area contributed by atoms with E-state index in [2.05, 4.69) is 51.6 Å². The van der Waals surface area contributed by atoms with Crippen molar-refractivity contribution in [1.29, 1.82) is 0 Å². The van der Waals surface area contributed by atoms with Crippen LogP contribution in [-0.4, -0.2) is 34.1 Å². The van der Waals surface area contributed by atoms with E-state index >= 15 is 0 Å². The zero-order valence-electron chi connectivity index (χ0n) is 17.5. The number of terminal acetylenes is 1. The second kappa shape index (κ2) is 8.23. The zero-order chi connectivity index (χ0) is 21.4. The summed E-state index contributed by atoms with van der Waals surface area (Å²) in [5.41, 5.74) is 4.18. The number of fused-ring (bicyclic) bond motifs is 5. The van der Waals surface area contributed by atoms with Crippen molar-refractivity contribution in [2.24, 2.45) is 0 Å². The highest BCUT2D eigenvalue weighted by Crippen LogP contribution is 2.41. The Bertz CT molecular complexity index is 1320. The minimum atomic E-state index is 0.326. The monoisotopic (exact) mass is 429 g/mol. The van der Waals surface area contributed by atoms with E-state index in [0.717, 1.165) is 29.7 Å². The summed E-state index contributed by atoms with van der Waals surface area (Å²) in [7, 11) is 0. The molecule has 1 aliphatic rings. The molecule has 7 heteroatoms. The molecule has 1 aromatic carbocycles. The lowest BCUT2D eigenvalue weighted by molar-refractivity contribution is 0.128. The van der Waals surface area contributed by atoms with Gasteiger partial charge in [-0.15, -0.1) is 17.8 Å². The molecule has 0 saturated heterocycles. The summed E-state index contributed by atoms with van der Waals surface area (Å²) in [5, 5.41) is 9.59. The number of aromatic nitrogens is 3. The Hall–Kier alpha value is -3.05. The van der Waals surface area contributed by atoms with E-state index in [1.54, 1.807) is 6.07 Å². The molecule has 0 radical (unpaired) electrons. The Morgan fingerprint density at radius 1 is 1.19 bits per heavy atom. The average Bonchev–Trinajstić information content (AvgIpc) is 3.07. The SMILES string of the molecule is C#Cc1cc(-c2ccc3c(ccc4sc5c(c43)NC[C@@H](C)NC5)n2)nc(COCC)n1. The summed E-state index contributed by atoms with van der Waals surface area (Å²) in [5.74, 6) is 3.18. The molecule has 0 saturated carbocycles. The number of nitrogens with zero attached hydrogens (tertiary/aromatic N) is 3. The first kappa shape index (κ1) is 19.9. The van der Waals surface area contributed by atoms with Crippen molar-refractivity contribution in [1.82, 2.24) is 20.3 Å². The summed E-state index contributed by atoms with van der Waals surface area (Å²) in [6, 6.07) is 10.6. The van der Waals surface area contributed by atoms with Crippen molar-refractivity contribution in [3.05, 3.63) is 46.7 Å². The number of hydrogen-bond donors (Lipinski definition) is 2. The minimum Gasteiger partial charge on any atom is -0.382 e. The Morgan fingerprint density at radius 2 is 2.10 bits per heavy atom. The number of hydrogen-bond acceptors (Lipinski definition) is 7. The third kappa shape index (κ3) is 3.74. The molecule has 0 unspecified atom stereocenters. The zero-order valence-corrected chi connectivity index (χ0v) is 18.3. The molecule has 1 atom stereocenters. The molecule has 4 aromatic rings. The molecule has 6 nitrogen and oxygen atoms in total. The van der Waals surface area contributed by atoms with Crippen LogP contribution < -0.4 is 10.6 Å². The highest BCUT2D eigenvalue weighted by molar-refractivity contribution is 7.20. The fourth-order valence-electron chi connectivity index (χ4n) is 3.86. The van der Waals surface area contributed by atoms with Crippen molar-refractivity contribution in [3.63, 3.8) is 0 Å². The lowest BCUT2D eigenvalue weighted by Gasteiger charge is -2.10. The van der Waals surface area contributed by atoms with Crippen LogP contribution in [0.4, 0.5) is 5.69 Å². The fourth-order valence-corrected chi connectivity index (χ4v) is 5.01. The maximum Gasteiger partial charge on any atom is 0.156 e. The number of anilines is 1. The number of benzene rings is 1. The average molecular weight is 430 g/mol. The smallest absolute Gasteiger partial charge is 0.156 e. The maximum absolute atomic E-state index is 5.61. The van der Waals surface area contributed by atoms with Crippen LogP contribution >= 0.6 is 11.3 Å². The number of pyridine rings is 1. The number of nitrogens with one attached hydrogen (secondary N) is 2. The second-order valence-electron chi connectivity index (χ2n) is 7.60. The molecule has 3 aromatic heterocycles. The normalized spacial score (nSPS) is 16.0. The third-order valence-corrected chi connectivity index (χ3v) is 6.56. The largest absolute Gasteiger partial charge is 0.382 e. The van der Waals surface area contributed by atoms with E-state index in [1.165, 1.54) is 20.7 Å². The Labute approximate surface area is 185 Å². The first-order valence-corrected chi connectivity index (χ1v) is 11.2. The molecule has 0 amide bonds. The molecule has 31 heavy (non-hydrogen) atoms. The second-order valence-corrected chi connectivity index (χ2v) is 8.74. The van der Waals surface area contributed by atoms with Crippen molar-refractivity contribution in [2.45, 2.75) is 33.0 Å². The Balaban J connectivity index is 1.62. The van der Waals surface area contributed by atoms with E-state index in [1.807, 2.05) is 24.3 Å². The van der Waals surface area contributed by atoms with Gasteiger partial charge in [-0.1, -0.05) is 5.92 Å². The summed E-state index contributed by atoms with van der Waals surface area (Å²) in [4.78, 5) is 15.2. The summed E-state index contributed by atoms with van der Waals surface area (Å²) >= 11 is 1.84. The molecule has 0 aliphatic carbocycles. The lowest BCUT2D eigenvalue weighted by atomic mass is 10.1. The predicted molar refractivity (Wildman–Crippen MR) is 126 cm³/mol. The molecule has 1 aliphatic heterocycles. The molecule has 5 rings (SSSR count). The number of rotatable bonds is 4. The molecule has 156 valence electrons. The van der Waals surface area contributed by atoms with Crippen LogP contribution in [0.3, 0.4) is 0 Å². The highest BCUT2D eigenvalue weighted by atomic mass is 32.1. The molecular formula is C24H23N5OS. The Morgan fingerprint density at radius 3 is 2.94 bits per heavy atom. The van der Waals surface area contributed by atoms with E-state index in [0.29, 0.717) is 36.5 Å². The number of ether oxygens (including phenoxy) is 1. The lowest BCUT2D eigenvalue weighted by Crippen LogP contribution is -2.29. The minimum absolute atomic E-state index is 0.326. The number of thiophene rings is 1. The van der Waals surface area contributed by atoms with E-state index in [4.69, 9.17) is 16.1 Å². The van der Waals surface area contributed by atoms with Crippen LogP contribution in [0.25, 0.3) is 32.4 Å². The summed E-state index contributed by atoms with van der Waals surface area (Å²) in [6.07, 6.45) is 5.61. The summed E-state index contributed by atoms with van der Waals surface area (Å²) in [6.45, 7) is 6.84. The van der Waals surface area contributed by atoms with Gasteiger partial charge in [-0.25, -0.2) is 15.0 Å². The molecule has 4 heterocycles. The fraction of sp³-hybridized carbons (Fsp3) is 0.292. The van der Waals surface area contributed by atoms with Gasteiger partial charge < -0.3 is 15.4 Å². The van der Waals surface area contributed by atoms with Gasteiger partial charge in [0.1, 0.15) is 12.3 Å². The van der Waals surface area contributed by atoms with Gasteiger partial charge in [0.2, 0.25) is 0 Å². The van der Waals surface area contributed by atoms with E-state index in [9.17, 15) is 0 Å². The van der Waals surface area contributed by atoms with E-state index < -0.39 is 0 Å². The third-order valence-electron chi connectivity index (χ3n) is 5.41. The van der Waals surface area contributed by atoms with Gasteiger partial charge >= 0.3 is 0 Å². The van der Waals surface area contributed by atoms with Gasteiger partial charge in [-0.3, -0.25) is 0 Å². The van der Waals surface area contributed by atoms with Crippen LogP contribution in [-0.2, 0) is 17.9 Å². The van der Waals surface area contributed by atoms with Crippen LogP contribution in [0, 0.1) is 12.3 Å². The van der Waals surface area contributed by atoms with Gasteiger partial charge in [-0.05, 0) is 38.1 Å². The van der Waals surface area contributed by atoms with Crippen molar-refractivity contribution in [3.8, 4) is 23.7 Å². The topological polar surface area (TPSA) is 72.0 Å². The summed E-state index contributed by atoms with van der Waals surface area (Å²) < 4.78 is 6.74. The molecule has 0 fully saturated rings. The molecule has 0 spiro atoms. The predicted octanol–water partition coefficient (Wildman–Crippen LogP) is 4.33. The van der Waals surface area contributed by atoms with Gasteiger partial charge in [0.15, 0.2) is 5.82 Å². The first-order chi connectivity index (χ1) is 15.2. The van der Waals surface area contributed by atoms with Gasteiger partial charge in [0.05, 0.1) is 22.6 Å². The van der Waals surface area contributed by atoms with Gasteiger partial charge in [0, 0.05) is 52.2 Å². The van der Waals surface area contributed by atoms with Crippen molar-refractivity contribution >= 4 is 38.0 Å². The van der Waals surface area contributed by atoms with Crippen LogP contribution in [0.1, 0.15) is 30.2 Å². The quantitative estimate of drug-likeness (QED) is 0.471.